The van der Waals surface area contributed by atoms with E-state index in [0.717, 1.165) is 42.9 Å². The summed E-state index contributed by atoms with van der Waals surface area (Å²) in [6, 6.07) is 17.8. The van der Waals surface area contributed by atoms with Gasteiger partial charge in [0.25, 0.3) is 0 Å². The van der Waals surface area contributed by atoms with Crippen LogP contribution in [0.4, 0.5) is 0 Å². The van der Waals surface area contributed by atoms with Crippen LogP contribution in [-0.4, -0.2) is 61.8 Å². The number of thiophene rings is 1. The molecule has 9 nitrogen and oxygen atoms in total. The Morgan fingerprint density at radius 1 is 0.958 bits per heavy atom. The number of halogens is 2. The average Bonchev–Trinajstić information content (AvgIpc) is 3.59. The Balaban J connectivity index is 1.17. The molecule has 2 aromatic carbocycles. The number of esters is 2. The van der Waals surface area contributed by atoms with Crippen LogP contribution in [0.3, 0.4) is 0 Å². The number of ether oxygens (including phenoxy) is 4. The predicted molar refractivity (Wildman–Crippen MR) is 185 cm³/mol. The summed E-state index contributed by atoms with van der Waals surface area (Å²) < 4.78 is 23.1. The Bertz CT molecular complexity index is 1710. The second-order valence-corrected chi connectivity index (χ2v) is 13.9. The second-order valence-electron chi connectivity index (χ2n) is 11.9. The summed E-state index contributed by atoms with van der Waals surface area (Å²) in [6.45, 7) is 3.29. The fraction of sp³-hybridized carbons (Fsp3) is 0.361. The monoisotopic (exact) mass is 709 g/mol. The lowest BCUT2D eigenvalue weighted by atomic mass is 9.86. The summed E-state index contributed by atoms with van der Waals surface area (Å²) in [5, 5.41) is 4.12. The third-order valence-corrected chi connectivity index (χ3v) is 10.7. The van der Waals surface area contributed by atoms with Gasteiger partial charge >= 0.3 is 11.9 Å². The van der Waals surface area contributed by atoms with E-state index in [-0.39, 0.29) is 18.5 Å². The van der Waals surface area contributed by atoms with Crippen LogP contribution in [0.15, 0.2) is 73.1 Å². The topological polar surface area (TPSA) is 99.2 Å². The lowest BCUT2D eigenvalue weighted by Gasteiger charge is -2.44. The van der Waals surface area contributed by atoms with Gasteiger partial charge in [0.15, 0.2) is 11.5 Å². The molecule has 3 saturated heterocycles. The van der Waals surface area contributed by atoms with E-state index in [2.05, 4.69) is 15.2 Å². The zero-order valence-electron chi connectivity index (χ0n) is 26.7. The molecule has 252 valence electrons. The molecule has 7 rings (SSSR count). The van der Waals surface area contributed by atoms with Gasteiger partial charge in [0.05, 0.1) is 24.3 Å². The van der Waals surface area contributed by atoms with Crippen molar-refractivity contribution in [2.24, 2.45) is 5.92 Å². The summed E-state index contributed by atoms with van der Waals surface area (Å²) in [7, 11) is 3.10. The van der Waals surface area contributed by atoms with Crippen LogP contribution in [0.25, 0.3) is 0 Å². The van der Waals surface area contributed by atoms with E-state index in [4.69, 9.17) is 42.1 Å². The van der Waals surface area contributed by atoms with Crippen LogP contribution in [0.2, 0.25) is 10.0 Å². The first kappa shape index (κ1) is 34.2. The lowest BCUT2D eigenvalue weighted by Crippen LogP contribution is -2.52. The van der Waals surface area contributed by atoms with Gasteiger partial charge in [-0.25, -0.2) is 9.59 Å². The van der Waals surface area contributed by atoms with Gasteiger partial charge in [-0.1, -0.05) is 59.6 Å². The summed E-state index contributed by atoms with van der Waals surface area (Å²) in [5.41, 5.74) is 2.11. The van der Waals surface area contributed by atoms with Gasteiger partial charge in [-0.05, 0) is 72.8 Å². The number of piperidine rings is 3. The zero-order valence-corrected chi connectivity index (χ0v) is 29.0. The number of benzene rings is 2. The average molecular weight is 711 g/mol. The van der Waals surface area contributed by atoms with Crippen molar-refractivity contribution in [2.45, 2.75) is 44.1 Å². The molecule has 4 aromatic rings. The smallest absolute Gasteiger partial charge is 0.348 e. The van der Waals surface area contributed by atoms with Crippen molar-refractivity contribution in [3.05, 3.63) is 110 Å². The quantitative estimate of drug-likeness (QED) is 0.146. The first-order chi connectivity index (χ1) is 23.3. The summed E-state index contributed by atoms with van der Waals surface area (Å²) in [6.07, 6.45) is 4.50. The Morgan fingerprint density at radius 3 is 2.35 bits per heavy atom. The van der Waals surface area contributed by atoms with E-state index in [1.54, 1.807) is 32.4 Å². The molecule has 3 atom stereocenters. The van der Waals surface area contributed by atoms with Crippen molar-refractivity contribution in [2.75, 3.05) is 33.9 Å². The number of hydrogen-bond acceptors (Lipinski definition) is 10. The van der Waals surface area contributed by atoms with Crippen molar-refractivity contribution in [1.82, 2.24) is 15.2 Å². The SMILES string of the molecule is COc1ccc([C@H](Cc2c(Cl)cncc2Cl)OC(=O)c2ccc(CNC(C(=O)OC3CN4CCC3CC4)c3ccccc3)s2)cc1OC. The van der Waals surface area contributed by atoms with Gasteiger partial charge in [-0.15, -0.1) is 11.3 Å². The van der Waals surface area contributed by atoms with Gasteiger partial charge in [-0.2, -0.15) is 0 Å². The Hall–Kier alpha value is -3.67. The molecule has 0 radical (unpaired) electrons. The number of nitrogens with one attached hydrogen (secondary N) is 1. The number of aromatic nitrogens is 1. The summed E-state index contributed by atoms with van der Waals surface area (Å²) in [5.74, 6) is 0.654. The van der Waals surface area contributed by atoms with E-state index in [0.29, 0.717) is 50.0 Å². The maximum atomic E-state index is 13.6. The highest BCUT2D eigenvalue weighted by molar-refractivity contribution is 7.13. The molecule has 3 fully saturated rings. The minimum Gasteiger partial charge on any atom is -0.493 e. The summed E-state index contributed by atoms with van der Waals surface area (Å²) in [4.78, 5) is 34.8. The summed E-state index contributed by atoms with van der Waals surface area (Å²) >= 11 is 14.2. The number of pyridine rings is 1. The standard InChI is InChI=1S/C36H37Cl2N3O6S/c1-44-29-10-8-24(16-31(29)45-2)30(17-26-27(37)19-39-20-28(26)38)46-35(42)33-11-9-25(48-33)18-40-34(23-6-4-3-5-7-23)36(43)47-32-21-41-14-12-22(32)13-15-41/h3-11,16,19-20,22,30,32,34,40H,12-15,17-18,21H2,1-2H3/t30-,32?,34?/m0/s1. The third-order valence-electron chi connectivity index (χ3n) is 8.95. The molecule has 2 unspecified atom stereocenters. The number of hydrogen-bond donors (Lipinski definition) is 1. The van der Waals surface area contributed by atoms with Crippen LogP contribution >= 0.6 is 34.5 Å². The van der Waals surface area contributed by atoms with E-state index in [9.17, 15) is 9.59 Å². The van der Waals surface area contributed by atoms with Crippen molar-refractivity contribution in [3.8, 4) is 11.5 Å². The van der Waals surface area contributed by atoms with Gasteiger partial charge < -0.3 is 18.9 Å². The number of nitrogens with zero attached hydrogens (tertiary/aromatic N) is 2. The van der Waals surface area contributed by atoms with Crippen LogP contribution in [0.5, 0.6) is 11.5 Å². The van der Waals surface area contributed by atoms with Crippen molar-refractivity contribution >= 4 is 46.5 Å². The molecule has 2 bridgehead atoms. The number of carbonyl (C=O) groups excluding carboxylic acids is 2. The second kappa shape index (κ2) is 15.7. The van der Waals surface area contributed by atoms with Gasteiger partial charge in [0.1, 0.15) is 23.1 Å². The molecule has 0 saturated carbocycles. The minimum atomic E-state index is -0.748. The molecule has 2 aromatic heterocycles. The zero-order chi connectivity index (χ0) is 33.6. The Kier molecular flexibility index (Phi) is 11.2. The molecule has 0 spiro atoms. The Morgan fingerprint density at radius 2 is 1.69 bits per heavy atom. The highest BCUT2D eigenvalue weighted by Gasteiger charge is 2.38. The first-order valence-electron chi connectivity index (χ1n) is 15.8. The molecule has 3 aliphatic rings. The highest BCUT2D eigenvalue weighted by atomic mass is 35.5. The van der Waals surface area contributed by atoms with Gasteiger partial charge in [-0.3, -0.25) is 15.2 Å². The van der Waals surface area contributed by atoms with Crippen LogP contribution in [0, 0.1) is 5.92 Å². The fourth-order valence-electron chi connectivity index (χ4n) is 6.32. The predicted octanol–water partition coefficient (Wildman–Crippen LogP) is 7.08. The minimum absolute atomic E-state index is 0.0911. The number of rotatable bonds is 13. The first-order valence-corrected chi connectivity index (χ1v) is 17.4. The lowest BCUT2D eigenvalue weighted by molar-refractivity contribution is -0.161. The molecule has 5 heterocycles. The van der Waals surface area contributed by atoms with E-state index in [1.165, 1.54) is 23.7 Å². The van der Waals surface area contributed by atoms with E-state index in [1.807, 2.05) is 42.5 Å². The van der Waals surface area contributed by atoms with E-state index >= 15 is 0 Å². The van der Waals surface area contributed by atoms with Gasteiger partial charge in [0, 0.05) is 36.8 Å². The molecular formula is C36H37Cl2N3O6S. The molecule has 12 heteroatoms. The molecule has 0 amide bonds. The van der Waals surface area contributed by atoms with Crippen LogP contribution in [0.1, 0.15) is 56.2 Å². The third kappa shape index (κ3) is 7.96. The Labute approximate surface area is 294 Å². The molecular weight excluding hydrogens is 673 g/mol. The fourth-order valence-corrected chi connectivity index (χ4v) is 7.68. The van der Waals surface area contributed by atoms with Crippen molar-refractivity contribution in [3.63, 3.8) is 0 Å². The largest absolute Gasteiger partial charge is 0.493 e. The molecule has 1 N–H and O–H groups in total. The molecule has 48 heavy (non-hydrogen) atoms. The van der Waals surface area contributed by atoms with E-state index < -0.39 is 18.1 Å². The van der Waals surface area contributed by atoms with Crippen molar-refractivity contribution < 1.29 is 28.5 Å². The maximum absolute atomic E-state index is 13.6. The number of methoxy groups -OCH3 is 2. The molecule has 3 aliphatic heterocycles. The van der Waals surface area contributed by atoms with Crippen LogP contribution in [-0.2, 0) is 27.2 Å². The van der Waals surface area contributed by atoms with Crippen molar-refractivity contribution in [1.29, 1.82) is 0 Å². The highest BCUT2D eigenvalue weighted by Crippen LogP contribution is 2.36. The van der Waals surface area contributed by atoms with Gasteiger partial charge in [0.2, 0.25) is 0 Å². The maximum Gasteiger partial charge on any atom is 0.348 e. The molecule has 0 aliphatic carbocycles. The number of carbonyl (C=O) groups is 2. The number of fused-ring (bicyclic) bond motifs is 3. The normalized spacial score (nSPS) is 19.7. The van der Waals surface area contributed by atoms with Crippen LogP contribution < -0.4 is 14.8 Å².